The Morgan fingerprint density at radius 2 is 2.20 bits per heavy atom. The second kappa shape index (κ2) is 6.99. The lowest BCUT2D eigenvalue weighted by Gasteiger charge is -2.33. The van der Waals surface area contributed by atoms with Crippen LogP contribution in [0.25, 0.3) is 4.96 Å². The van der Waals surface area contributed by atoms with Gasteiger partial charge >= 0.3 is 0 Å². The summed E-state index contributed by atoms with van der Waals surface area (Å²) in [5.41, 5.74) is 0.830. The highest BCUT2D eigenvalue weighted by Gasteiger charge is 2.27. The first-order chi connectivity index (χ1) is 12.1. The molecule has 1 fully saturated rings. The summed E-state index contributed by atoms with van der Waals surface area (Å²) >= 11 is 3.17. The summed E-state index contributed by atoms with van der Waals surface area (Å²) in [5, 5.41) is 12.5. The van der Waals surface area contributed by atoms with E-state index in [1.165, 1.54) is 0 Å². The fourth-order valence-corrected chi connectivity index (χ4v) is 5.14. The first-order valence-corrected chi connectivity index (χ1v) is 10.2. The highest BCUT2D eigenvalue weighted by atomic mass is 32.1. The van der Waals surface area contributed by atoms with Gasteiger partial charge in [-0.3, -0.25) is 14.1 Å². The standard InChI is InChI=1S/C18H21N3O2S2/c1-12-10-21-16(22)9-14(19-18(21)25-12)11-20-6-4-13(5-7-20)17(23)15-3-2-8-24-15/h2-3,8-10,13,17,23H,4-7,11H2,1H3/t17-/m1/s1. The molecule has 4 rings (SSSR count). The van der Waals surface area contributed by atoms with Crippen LogP contribution < -0.4 is 5.56 Å². The lowest BCUT2D eigenvalue weighted by Crippen LogP contribution is -2.35. The van der Waals surface area contributed by atoms with E-state index in [0.29, 0.717) is 12.5 Å². The monoisotopic (exact) mass is 375 g/mol. The Labute approximate surface area is 154 Å². The Bertz CT molecular complexity index is 908. The zero-order valence-corrected chi connectivity index (χ0v) is 15.7. The lowest BCUT2D eigenvalue weighted by molar-refractivity contribution is 0.0587. The molecule has 7 heteroatoms. The van der Waals surface area contributed by atoms with Crippen molar-refractivity contribution < 1.29 is 5.11 Å². The van der Waals surface area contributed by atoms with Gasteiger partial charge in [0.05, 0.1) is 11.8 Å². The summed E-state index contributed by atoms with van der Waals surface area (Å²) < 4.78 is 1.62. The van der Waals surface area contributed by atoms with Crippen LogP contribution in [-0.4, -0.2) is 32.5 Å². The summed E-state index contributed by atoms with van der Waals surface area (Å²) in [4.78, 5) is 22.1. The van der Waals surface area contributed by atoms with Gasteiger partial charge < -0.3 is 5.11 Å². The molecule has 1 saturated heterocycles. The Hall–Kier alpha value is -1.54. The van der Waals surface area contributed by atoms with Crippen molar-refractivity contribution in [1.82, 2.24) is 14.3 Å². The molecule has 0 unspecified atom stereocenters. The van der Waals surface area contributed by atoms with Crippen LogP contribution in [0, 0.1) is 12.8 Å². The molecular weight excluding hydrogens is 354 g/mol. The normalized spacial score (nSPS) is 18.0. The predicted molar refractivity (Wildman–Crippen MR) is 101 cm³/mol. The van der Waals surface area contributed by atoms with Crippen molar-refractivity contribution in [2.24, 2.45) is 5.92 Å². The van der Waals surface area contributed by atoms with E-state index in [4.69, 9.17) is 0 Å². The van der Waals surface area contributed by atoms with Gasteiger partial charge in [-0.25, -0.2) is 4.98 Å². The highest BCUT2D eigenvalue weighted by Crippen LogP contribution is 2.33. The number of piperidine rings is 1. The molecule has 0 spiro atoms. The molecule has 0 bridgehead atoms. The minimum absolute atomic E-state index is 0.00708. The van der Waals surface area contributed by atoms with Gasteiger partial charge in [0.2, 0.25) is 0 Å². The van der Waals surface area contributed by atoms with E-state index in [-0.39, 0.29) is 11.7 Å². The van der Waals surface area contributed by atoms with Crippen LogP contribution in [0.4, 0.5) is 0 Å². The predicted octanol–water partition coefficient (Wildman–Crippen LogP) is 3.07. The van der Waals surface area contributed by atoms with Crippen LogP contribution in [0.3, 0.4) is 0 Å². The maximum absolute atomic E-state index is 12.2. The van der Waals surface area contributed by atoms with Crippen LogP contribution in [0.15, 0.2) is 34.6 Å². The molecule has 1 aliphatic rings. The summed E-state index contributed by atoms with van der Waals surface area (Å²) in [6.07, 6.45) is 3.43. The molecule has 0 saturated carbocycles. The van der Waals surface area contributed by atoms with E-state index in [1.54, 1.807) is 33.1 Å². The average molecular weight is 376 g/mol. The molecule has 1 N–H and O–H groups in total. The maximum atomic E-state index is 12.2. The van der Waals surface area contributed by atoms with Gasteiger partial charge in [0.1, 0.15) is 0 Å². The Morgan fingerprint density at radius 1 is 1.40 bits per heavy atom. The number of aliphatic hydroxyl groups excluding tert-OH is 1. The van der Waals surface area contributed by atoms with Crippen molar-refractivity contribution in [2.45, 2.75) is 32.4 Å². The third-order valence-electron chi connectivity index (χ3n) is 4.84. The number of nitrogens with zero attached hydrogens (tertiary/aromatic N) is 3. The van der Waals surface area contributed by atoms with Gasteiger partial charge in [0.15, 0.2) is 4.96 Å². The number of thiophene rings is 1. The van der Waals surface area contributed by atoms with E-state index in [9.17, 15) is 9.90 Å². The van der Waals surface area contributed by atoms with E-state index in [1.807, 2.05) is 30.6 Å². The number of likely N-dealkylation sites (tertiary alicyclic amines) is 1. The molecule has 0 aliphatic carbocycles. The first kappa shape index (κ1) is 16.9. The van der Waals surface area contributed by atoms with E-state index >= 15 is 0 Å². The number of fused-ring (bicyclic) bond motifs is 1. The van der Waals surface area contributed by atoms with E-state index < -0.39 is 0 Å². The van der Waals surface area contributed by atoms with E-state index in [2.05, 4.69) is 9.88 Å². The van der Waals surface area contributed by atoms with Crippen molar-refractivity contribution in [2.75, 3.05) is 13.1 Å². The Morgan fingerprint density at radius 3 is 2.92 bits per heavy atom. The Kier molecular flexibility index (Phi) is 4.73. The first-order valence-electron chi connectivity index (χ1n) is 8.53. The quantitative estimate of drug-likeness (QED) is 0.761. The fourth-order valence-electron chi connectivity index (χ4n) is 3.49. The minimum Gasteiger partial charge on any atom is -0.387 e. The molecular formula is C18H21N3O2S2. The molecule has 1 atom stereocenters. The molecule has 3 aromatic heterocycles. The number of aromatic nitrogens is 2. The van der Waals surface area contributed by atoms with Crippen LogP contribution in [0.1, 0.15) is 34.4 Å². The second-order valence-corrected chi connectivity index (χ2v) is 8.85. The molecule has 3 aromatic rings. The smallest absolute Gasteiger partial charge is 0.258 e. The zero-order valence-electron chi connectivity index (χ0n) is 14.1. The van der Waals surface area contributed by atoms with Crippen molar-refractivity contribution in [1.29, 1.82) is 0 Å². The fraction of sp³-hybridized carbons (Fsp3) is 0.444. The van der Waals surface area contributed by atoms with Crippen molar-refractivity contribution in [3.63, 3.8) is 0 Å². The molecule has 25 heavy (non-hydrogen) atoms. The number of aliphatic hydroxyl groups is 1. The number of thiazole rings is 1. The van der Waals surface area contributed by atoms with Gasteiger partial charge in [-0.2, -0.15) is 0 Å². The van der Waals surface area contributed by atoms with Crippen LogP contribution in [0.5, 0.6) is 0 Å². The molecule has 1 aliphatic heterocycles. The summed E-state index contributed by atoms with van der Waals surface area (Å²) in [5.74, 6) is 0.316. The van der Waals surface area contributed by atoms with E-state index in [0.717, 1.165) is 46.3 Å². The zero-order chi connectivity index (χ0) is 17.4. The minimum atomic E-state index is -0.352. The highest BCUT2D eigenvalue weighted by molar-refractivity contribution is 7.16. The molecule has 0 radical (unpaired) electrons. The van der Waals surface area contributed by atoms with Gasteiger partial charge in [-0.05, 0) is 50.2 Å². The van der Waals surface area contributed by atoms with Gasteiger partial charge in [-0.15, -0.1) is 22.7 Å². The molecule has 5 nitrogen and oxygen atoms in total. The van der Waals surface area contributed by atoms with Crippen LogP contribution in [0.2, 0.25) is 0 Å². The molecule has 132 valence electrons. The second-order valence-electron chi connectivity index (χ2n) is 6.65. The van der Waals surface area contributed by atoms with Gasteiger partial charge in [-0.1, -0.05) is 6.07 Å². The lowest BCUT2D eigenvalue weighted by atomic mass is 9.90. The number of aryl methyl sites for hydroxylation is 1. The van der Waals surface area contributed by atoms with Gasteiger partial charge in [0, 0.05) is 28.6 Å². The third kappa shape index (κ3) is 3.55. The third-order valence-corrected chi connectivity index (χ3v) is 6.68. The van der Waals surface area contributed by atoms with Crippen molar-refractivity contribution in [3.05, 3.63) is 55.6 Å². The number of rotatable bonds is 4. The SMILES string of the molecule is Cc1cn2c(=O)cc(CN3CCC([C@@H](O)c4cccs4)CC3)nc2s1. The topological polar surface area (TPSA) is 57.8 Å². The average Bonchev–Trinajstić information content (AvgIpc) is 3.24. The van der Waals surface area contributed by atoms with Gasteiger partial charge in [0.25, 0.3) is 5.56 Å². The summed E-state index contributed by atoms with van der Waals surface area (Å²) in [6, 6.07) is 5.65. The van der Waals surface area contributed by atoms with Crippen LogP contribution in [-0.2, 0) is 6.54 Å². The molecule has 0 amide bonds. The van der Waals surface area contributed by atoms with Crippen molar-refractivity contribution >= 4 is 27.6 Å². The Balaban J connectivity index is 1.41. The molecule has 0 aromatic carbocycles. The molecule has 4 heterocycles. The van der Waals surface area contributed by atoms with Crippen molar-refractivity contribution in [3.8, 4) is 0 Å². The maximum Gasteiger partial charge on any atom is 0.258 e. The largest absolute Gasteiger partial charge is 0.387 e. The number of hydrogen-bond acceptors (Lipinski definition) is 6. The van der Waals surface area contributed by atoms with Crippen LogP contribution >= 0.6 is 22.7 Å². The number of hydrogen-bond donors (Lipinski definition) is 1. The summed E-state index contributed by atoms with van der Waals surface area (Å²) in [7, 11) is 0. The summed E-state index contributed by atoms with van der Waals surface area (Å²) in [6.45, 7) is 4.54.